The van der Waals surface area contributed by atoms with Gasteiger partial charge in [0, 0.05) is 11.5 Å². The van der Waals surface area contributed by atoms with Crippen molar-refractivity contribution in [2.24, 2.45) is 5.41 Å². The predicted molar refractivity (Wildman–Crippen MR) is 98.6 cm³/mol. The molecule has 0 unspecified atom stereocenters. The lowest BCUT2D eigenvalue weighted by Crippen LogP contribution is -2.70. The van der Waals surface area contributed by atoms with E-state index < -0.39 is 5.67 Å². The summed E-state index contributed by atoms with van der Waals surface area (Å²) >= 11 is 0. The van der Waals surface area contributed by atoms with E-state index in [-0.39, 0.29) is 23.4 Å². The van der Waals surface area contributed by atoms with Crippen LogP contribution < -0.4 is 4.74 Å². The first kappa shape index (κ1) is 17.4. The summed E-state index contributed by atoms with van der Waals surface area (Å²) in [4.78, 5) is 14.7. The molecule has 1 aromatic rings. The lowest BCUT2D eigenvalue weighted by Gasteiger charge is -2.71. The molecule has 1 heterocycles. The number of methoxy groups -OCH3 is 1. The summed E-state index contributed by atoms with van der Waals surface area (Å²) in [6.07, 6.45) is 11.0. The summed E-state index contributed by atoms with van der Waals surface area (Å²) in [5.74, 6) is 2.91. The average molecular weight is 355 g/mol. The standard InChI is InChI=1S/C22H26FNO2/c1-4-6-7-16-10-15-11-17(26-3)8-9-18(15)20(24(16)19(25)5-2)21-12-22(23,13-21)14-21/h2,8-9,11,16,20H,4,6-7,10,12-14H2,1,3H3/t16-,20-,21?,22?/m0/s1. The fourth-order valence-corrected chi connectivity index (χ4v) is 5.56. The number of rotatable bonds is 5. The number of fused-ring (bicyclic) bond motifs is 1. The van der Waals surface area contributed by atoms with Crippen LogP contribution in [0.2, 0.25) is 0 Å². The van der Waals surface area contributed by atoms with Crippen molar-refractivity contribution in [3.8, 4) is 18.1 Å². The monoisotopic (exact) mass is 355 g/mol. The first-order valence-electron chi connectivity index (χ1n) is 9.60. The van der Waals surface area contributed by atoms with Gasteiger partial charge in [-0.05, 0) is 61.3 Å². The van der Waals surface area contributed by atoms with Gasteiger partial charge in [-0.2, -0.15) is 0 Å². The molecule has 0 aromatic heterocycles. The van der Waals surface area contributed by atoms with Gasteiger partial charge in [0.05, 0.1) is 13.2 Å². The Morgan fingerprint density at radius 2 is 2.15 bits per heavy atom. The number of unbranched alkanes of at least 4 members (excludes halogenated alkanes) is 1. The van der Waals surface area contributed by atoms with Gasteiger partial charge in [-0.25, -0.2) is 4.39 Å². The van der Waals surface area contributed by atoms with E-state index in [1.54, 1.807) is 7.11 Å². The van der Waals surface area contributed by atoms with Gasteiger partial charge in [0.15, 0.2) is 0 Å². The van der Waals surface area contributed by atoms with Gasteiger partial charge in [0.1, 0.15) is 11.4 Å². The van der Waals surface area contributed by atoms with Crippen LogP contribution in [0.15, 0.2) is 18.2 Å². The van der Waals surface area contributed by atoms with Crippen LogP contribution >= 0.6 is 0 Å². The molecule has 0 radical (unpaired) electrons. The van der Waals surface area contributed by atoms with Crippen LogP contribution in [0.5, 0.6) is 5.75 Å². The van der Waals surface area contributed by atoms with Crippen LogP contribution in [-0.4, -0.2) is 29.6 Å². The molecule has 138 valence electrons. The van der Waals surface area contributed by atoms with Crippen LogP contribution in [0, 0.1) is 17.8 Å². The lowest BCUT2D eigenvalue weighted by molar-refractivity contribution is -0.251. The minimum Gasteiger partial charge on any atom is -0.497 e. The lowest BCUT2D eigenvalue weighted by atomic mass is 9.38. The van der Waals surface area contributed by atoms with Gasteiger partial charge < -0.3 is 9.64 Å². The SMILES string of the molecule is C#CC(=O)N1[C@@H](CCCC)Cc2cc(OC)ccc2[C@H]1C12CC(F)(C1)C2. The first-order chi connectivity index (χ1) is 12.4. The van der Waals surface area contributed by atoms with Crippen LogP contribution in [0.3, 0.4) is 0 Å². The van der Waals surface area contributed by atoms with Gasteiger partial charge in [-0.3, -0.25) is 4.79 Å². The molecule has 5 rings (SSSR count). The number of halogens is 1. The molecule has 26 heavy (non-hydrogen) atoms. The average Bonchev–Trinajstić information content (AvgIpc) is 2.60. The second kappa shape index (κ2) is 6.01. The molecule has 3 aliphatic carbocycles. The van der Waals surface area contributed by atoms with E-state index in [0.29, 0.717) is 19.3 Å². The third-order valence-corrected chi connectivity index (χ3v) is 6.61. The minimum absolute atomic E-state index is 0.0766. The molecule has 1 aromatic carbocycles. The van der Waals surface area contributed by atoms with E-state index in [4.69, 9.17) is 11.2 Å². The maximum atomic E-state index is 14.3. The van der Waals surface area contributed by atoms with Crippen LogP contribution in [0.4, 0.5) is 4.39 Å². The third kappa shape index (κ3) is 2.44. The van der Waals surface area contributed by atoms with Gasteiger partial charge in [0.2, 0.25) is 0 Å². The molecule has 2 bridgehead atoms. The zero-order valence-electron chi connectivity index (χ0n) is 15.6. The van der Waals surface area contributed by atoms with E-state index >= 15 is 0 Å². The number of carbonyl (C=O) groups excluding carboxylic acids is 1. The van der Waals surface area contributed by atoms with Crippen molar-refractivity contribution in [2.75, 3.05) is 7.11 Å². The van der Waals surface area contributed by atoms with Crippen LogP contribution in [0.25, 0.3) is 0 Å². The molecular formula is C22H26FNO2. The molecule has 0 spiro atoms. The minimum atomic E-state index is -1.01. The summed E-state index contributed by atoms with van der Waals surface area (Å²) < 4.78 is 19.7. The number of hydrogen-bond donors (Lipinski definition) is 0. The van der Waals surface area contributed by atoms with E-state index in [1.165, 1.54) is 5.56 Å². The molecule has 0 saturated heterocycles. The number of alkyl halides is 1. The van der Waals surface area contributed by atoms with E-state index in [2.05, 4.69) is 25.0 Å². The number of amides is 1. The Hall–Kier alpha value is -2.02. The fourth-order valence-electron chi connectivity index (χ4n) is 5.56. The van der Waals surface area contributed by atoms with Crippen molar-refractivity contribution in [1.29, 1.82) is 0 Å². The topological polar surface area (TPSA) is 29.5 Å². The van der Waals surface area contributed by atoms with Crippen molar-refractivity contribution in [1.82, 2.24) is 4.90 Å². The van der Waals surface area contributed by atoms with E-state index in [1.807, 2.05) is 11.0 Å². The smallest absolute Gasteiger partial charge is 0.299 e. The molecule has 3 nitrogen and oxygen atoms in total. The van der Waals surface area contributed by atoms with Crippen molar-refractivity contribution >= 4 is 5.91 Å². The van der Waals surface area contributed by atoms with Crippen LogP contribution in [0.1, 0.15) is 62.6 Å². The molecule has 4 aliphatic rings. The molecule has 3 saturated carbocycles. The maximum Gasteiger partial charge on any atom is 0.299 e. The molecule has 0 N–H and O–H groups in total. The van der Waals surface area contributed by atoms with Crippen LogP contribution in [-0.2, 0) is 11.2 Å². The number of ether oxygens (including phenoxy) is 1. The highest BCUT2D eigenvalue weighted by molar-refractivity contribution is 5.93. The molecule has 1 aliphatic heterocycles. The molecule has 4 heteroatoms. The summed E-state index contributed by atoms with van der Waals surface area (Å²) in [5, 5.41) is 0. The molecule has 2 atom stereocenters. The van der Waals surface area contributed by atoms with E-state index in [9.17, 15) is 9.18 Å². The second-order valence-electron chi connectivity index (χ2n) is 8.37. The Balaban J connectivity index is 1.78. The zero-order valence-corrected chi connectivity index (χ0v) is 15.6. The Labute approximate surface area is 154 Å². The number of hydrogen-bond acceptors (Lipinski definition) is 2. The summed E-state index contributed by atoms with van der Waals surface area (Å²) in [6.45, 7) is 2.15. The Kier molecular flexibility index (Phi) is 4.02. The molecule has 3 fully saturated rings. The number of benzene rings is 1. The Morgan fingerprint density at radius 3 is 2.73 bits per heavy atom. The first-order valence-corrected chi connectivity index (χ1v) is 9.60. The highest BCUT2D eigenvalue weighted by Crippen LogP contribution is 2.75. The van der Waals surface area contributed by atoms with Crippen molar-refractivity contribution in [2.45, 2.75) is 69.6 Å². The molecule has 1 amide bonds. The van der Waals surface area contributed by atoms with Gasteiger partial charge in [0.25, 0.3) is 5.91 Å². The summed E-state index contributed by atoms with van der Waals surface area (Å²) in [6, 6.07) is 6.04. The maximum absolute atomic E-state index is 14.3. The predicted octanol–water partition coefficient (Wildman–Crippen LogP) is 4.21. The summed E-state index contributed by atoms with van der Waals surface area (Å²) in [7, 11) is 1.67. The molecular weight excluding hydrogens is 329 g/mol. The number of carbonyl (C=O) groups is 1. The van der Waals surface area contributed by atoms with Gasteiger partial charge in [-0.15, -0.1) is 6.42 Å². The van der Waals surface area contributed by atoms with Crippen molar-refractivity contribution < 1.29 is 13.9 Å². The Bertz CT molecular complexity index is 761. The Morgan fingerprint density at radius 1 is 1.42 bits per heavy atom. The van der Waals surface area contributed by atoms with Crippen molar-refractivity contribution in [3.05, 3.63) is 29.3 Å². The highest BCUT2D eigenvalue weighted by Gasteiger charge is 2.73. The zero-order chi connectivity index (χ0) is 18.5. The van der Waals surface area contributed by atoms with Gasteiger partial charge >= 0.3 is 0 Å². The normalized spacial score (nSPS) is 34.2. The largest absolute Gasteiger partial charge is 0.497 e. The highest BCUT2D eigenvalue weighted by atomic mass is 19.1. The van der Waals surface area contributed by atoms with Crippen molar-refractivity contribution in [3.63, 3.8) is 0 Å². The summed E-state index contributed by atoms with van der Waals surface area (Å²) in [5.41, 5.74) is 1.20. The number of nitrogens with zero attached hydrogens (tertiary/aromatic N) is 1. The van der Waals surface area contributed by atoms with Gasteiger partial charge in [-0.1, -0.05) is 25.8 Å². The fraction of sp³-hybridized carbons (Fsp3) is 0.591. The quantitative estimate of drug-likeness (QED) is 0.741. The second-order valence-corrected chi connectivity index (χ2v) is 8.37. The number of terminal acetylenes is 1. The van der Waals surface area contributed by atoms with E-state index in [0.717, 1.165) is 37.0 Å². The third-order valence-electron chi connectivity index (χ3n) is 6.61.